The third kappa shape index (κ3) is 4.56. The Balaban J connectivity index is 1.67. The number of benzene rings is 3. The summed E-state index contributed by atoms with van der Waals surface area (Å²) in [5.74, 6) is 1.51. The van der Waals surface area contributed by atoms with E-state index in [1.54, 1.807) is 25.3 Å². The van der Waals surface area contributed by atoms with Gasteiger partial charge in [0, 0.05) is 33.3 Å². The molecule has 1 aromatic heterocycles. The standard InChI is InChI=1S/C26H23ClN2O5/c1-31-22-14-21(15-5-7-17(27)8-6-15)29-20-10-9-18(13-19(20)22)28-26(30)16-11-23(32-2)25(34-4)24(12-16)33-3/h5-14H,1-4H3,(H,28,30). The van der Waals surface area contributed by atoms with Gasteiger partial charge in [0.2, 0.25) is 5.75 Å². The number of methoxy groups -OCH3 is 4. The van der Waals surface area contributed by atoms with E-state index in [0.717, 1.165) is 22.2 Å². The summed E-state index contributed by atoms with van der Waals surface area (Å²) in [4.78, 5) is 17.7. The van der Waals surface area contributed by atoms with Crippen molar-refractivity contribution in [2.45, 2.75) is 0 Å². The number of nitrogens with zero attached hydrogens (tertiary/aromatic N) is 1. The lowest BCUT2D eigenvalue weighted by molar-refractivity contribution is 0.102. The molecule has 0 fully saturated rings. The molecule has 1 heterocycles. The van der Waals surface area contributed by atoms with Gasteiger partial charge in [-0.3, -0.25) is 4.79 Å². The normalized spacial score (nSPS) is 10.6. The van der Waals surface area contributed by atoms with Gasteiger partial charge in [0.15, 0.2) is 11.5 Å². The summed E-state index contributed by atoms with van der Waals surface area (Å²) in [6.45, 7) is 0. The maximum Gasteiger partial charge on any atom is 0.255 e. The van der Waals surface area contributed by atoms with Crippen molar-refractivity contribution in [1.29, 1.82) is 0 Å². The van der Waals surface area contributed by atoms with E-state index in [1.165, 1.54) is 21.3 Å². The van der Waals surface area contributed by atoms with E-state index in [0.29, 0.717) is 39.3 Å². The molecule has 174 valence electrons. The second-order valence-electron chi connectivity index (χ2n) is 7.32. The highest BCUT2D eigenvalue weighted by Crippen LogP contribution is 2.38. The van der Waals surface area contributed by atoms with Gasteiger partial charge in [-0.25, -0.2) is 4.98 Å². The molecule has 0 bridgehead atoms. The van der Waals surface area contributed by atoms with Gasteiger partial charge < -0.3 is 24.3 Å². The Kier molecular flexibility index (Phi) is 6.75. The summed E-state index contributed by atoms with van der Waals surface area (Å²) in [5.41, 5.74) is 3.36. The fourth-order valence-corrected chi connectivity index (χ4v) is 3.75. The SMILES string of the molecule is COc1cc(C(=O)Nc2ccc3nc(-c4ccc(Cl)cc4)cc(OC)c3c2)cc(OC)c1OC. The van der Waals surface area contributed by atoms with Crippen LogP contribution in [-0.4, -0.2) is 39.3 Å². The Morgan fingerprint density at radius 2 is 1.44 bits per heavy atom. The second kappa shape index (κ2) is 9.89. The number of carbonyl (C=O) groups excluding carboxylic acids is 1. The zero-order valence-electron chi connectivity index (χ0n) is 19.1. The Bertz CT molecular complexity index is 1330. The summed E-state index contributed by atoms with van der Waals surface area (Å²) in [6, 6.07) is 17.9. The van der Waals surface area contributed by atoms with Crippen LogP contribution in [0, 0.1) is 0 Å². The van der Waals surface area contributed by atoms with Gasteiger partial charge in [-0.1, -0.05) is 23.7 Å². The molecule has 0 aliphatic rings. The maximum atomic E-state index is 13.0. The number of nitrogens with one attached hydrogen (secondary N) is 1. The van der Waals surface area contributed by atoms with Crippen molar-refractivity contribution in [1.82, 2.24) is 4.98 Å². The highest BCUT2D eigenvalue weighted by Gasteiger charge is 2.18. The first-order chi connectivity index (χ1) is 16.5. The number of hydrogen-bond donors (Lipinski definition) is 1. The summed E-state index contributed by atoms with van der Waals surface area (Å²) in [5, 5.41) is 4.33. The molecule has 0 radical (unpaired) electrons. The van der Waals surface area contributed by atoms with E-state index in [1.807, 2.05) is 42.5 Å². The van der Waals surface area contributed by atoms with E-state index in [2.05, 4.69) is 5.32 Å². The van der Waals surface area contributed by atoms with Crippen molar-refractivity contribution in [2.24, 2.45) is 0 Å². The Morgan fingerprint density at radius 3 is 2.03 bits per heavy atom. The summed E-state index contributed by atoms with van der Waals surface area (Å²) in [6.07, 6.45) is 0. The number of carbonyl (C=O) groups is 1. The lowest BCUT2D eigenvalue weighted by Crippen LogP contribution is -2.12. The van der Waals surface area contributed by atoms with Crippen LogP contribution in [0.3, 0.4) is 0 Å². The first kappa shape index (κ1) is 23.2. The molecule has 7 nitrogen and oxygen atoms in total. The monoisotopic (exact) mass is 478 g/mol. The van der Waals surface area contributed by atoms with Gasteiger partial charge >= 0.3 is 0 Å². The van der Waals surface area contributed by atoms with Gasteiger partial charge in [0.25, 0.3) is 5.91 Å². The average molecular weight is 479 g/mol. The fourth-order valence-electron chi connectivity index (χ4n) is 3.63. The van der Waals surface area contributed by atoms with Gasteiger partial charge in [0.1, 0.15) is 5.75 Å². The zero-order valence-corrected chi connectivity index (χ0v) is 19.9. The Labute approximate surface area is 202 Å². The largest absolute Gasteiger partial charge is 0.496 e. The van der Waals surface area contributed by atoms with Crippen LogP contribution in [0.2, 0.25) is 5.02 Å². The molecule has 4 aromatic rings. The first-order valence-electron chi connectivity index (χ1n) is 10.3. The van der Waals surface area contributed by atoms with E-state index >= 15 is 0 Å². The number of ether oxygens (including phenoxy) is 4. The molecule has 0 spiro atoms. The predicted octanol–water partition coefficient (Wildman–Crippen LogP) is 5.84. The van der Waals surface area contributed by atoms with Crippen molar-refractivity contribution in [3.8, 4) is 34.3 Å². The molecule has 0 unspecified atom stereocenters. The second-order valence-corrected chi connectivity index (χ2v) is 7.75. The van der Waals surface area contributed by atoms with Crippen LogP contribution >= 0.6 is 11.6 Å². The average Bonchev–Trinajstić information content (AvgIpc) is 2.87. The topological polar surface area (TPSA) is 78.9 Å². The minimum atomic E-state index is -0.330. The van der Waals surface area contributed by atoms with Crippen molar-refractivity contribution in [3.05, 3.63) is 71.2 Å². The summed E-state index contributed by atoms with van der Waals surface area (Å²) < 4.78 is 21.6. The number of halogens is 1. The van der Waals surface area contributed by atoms with E-state index < -0.39 is 0 Å². The molecular weight excluding hydrogens is 456 g/mol. The smallest absolute Gasteiger partial charge is 0.255 e. The number of fused-ring (bicyclic) bond motifs is 1. The Morgan fingerprint density at radius 1 is 0.794 bits per heavy atom. The van der Waals surface area contributed by atoms with Crippen LogP contribution in [-0.2, 0) is 0 Å². The van der Waals surface area contributed by atoms with Gasteiger partial charge in [0.05, 0.1) is 39.6 Å². The van der Waals surface area contributed by atoms with Crippen LogP contribution in [0.1, 0.15) is 10.4 Å². The number of pyridine rings is 1. The van der Waals surface area contributed by atoms with Crippen LogP contribution in [0.15, 0.2) is 60.7 Å². The minimum Gasteiger partial charge on any atom is -0.496 e. The van der Waals surface area contributed by atoms with Crippen LogP contribution < -0.4 is 24.3 Å². The lowest BCUT2D eigenvalue weighted by Gasteiger charge is -2.14. The maximum absolute atomic E-state index is 13.0. The minimum absolute atomic E-state index is 0.330. The predicted molar refractivity (Wildman–Crippen MR) is 133 cm³/mol. The molecule has 8 heteroatoms. The highest BCUT2D eigenvalue weighted by atomic mass is 35.5. The molecule has 0 aliphatic carbocycles. The fraction of sp³-hybridized carbons (Fsp3) is 0.154. The number of anilines is 1. The molecular formula is C26H23ClN2O5. The lowest BCUT2D eigenvalue weighted by atomic mass is 10.1. The van der Waals surface area contributed by atoms with E-state index in [-0.39, 0.29) is 5.91 Å². The van der Waals surface area contributed by atoms with E-state index in [4.69, 9.17) is 35.5 Å². The zero-order chi connectivity index (χ0) is 24.2. The van der Waals surface area contributed by atoms with Crippen molar-refractivity contribution < 1.29 is 23.7 Å². The third-order valence-electron chi connectivity index (χ3n) is 5.32. The summed E-state index contributed by atoms with van der Waals surface area (Å²) >= 11 is 6.01. The Hall–Kier alpha value is -3.97. The first-order valence-corrected chi connectivity index (χ1v) is 10.7. The van der Waals surface area contributed by atoms with Gasteiger partial charge in [-0.2, -0.15) is 0 Å². The van der Waals surface area contributed by atoms with Crippen LogP contribution in [0.5, 0.6) is 23.0 Å². The number of amides is 1. The quantitative estimate of drug-likeness (QED) is 0.359. The molecule has 0 atom stereocenters. The number of hydrogen-bond acceptors (Lipinski definition) is 6. The highest BCUT2D eigenvalue weighted by molar-refractivity contribution is 6.30. The molecule has 1 amide bonds. The van der Waals surface area contributed by atoms with Crippen LogP contribution in [0.4, 0.5) is 5.69 Å². The molecule has 0 saturated heterocycles. The molecule has 4 rings (SSSR count). The summed E-state index contributed by atoms with van der Waals surface area (Å²) in [7, 11) is 6.11. The number of aromatic nitrogens is 1. The van der Waals surface area contributed by atoms with E-state index in [9.17, 15) is 4.79 Å². The van der Waals surface area contributed by atoms with Crippen molar-refractivity contribution >= 4 is 34.1 Å². The van der Waals surface area contributed by atoms with Crippen LogP contribution in [0.25, 0.3) is 22.2 Å². The van der Waals surface area contributed by atoms with Gasteiger partial charge in [-0.15, -0.1) is 0 Å². The molecule has 0 aliphatic heterocycles. The third-order valence-corrected chi connectivity index (χ3v) is 5.57. The molecule has 0 saturated carbocycles. The number of rotatable bonds is 7. The van der Waals surface area contributed by atoms with Crippen molar-refractivity contribution in [3.63, 3.8) is 0 Å². The molecule has 34 heavy (non-hydrogen) atoms. The molecule has 1 N–H and O–H groups in total. The van der Waals surface area contributed by atoms with Gasteiger partial charge in [-0.05, 0) is 42.5 Å². The van der Waals surface area contributed by atoms with Crippen molar-refractivity contribution in [2.75, 3.05) is 33.8 Å². The molecule has 3 aromatic carbocycles.